The van der Waals surface area contributed by atoms with Crippen molar-refractivity contribution in [2.45, 2.75) is 40.2 Å². The van der Waals surface area contributed by atoms with Crippen LogP contribution in [0.2, 0.25) is 4.34 Å². The van der Waals surface area contributed by atoms with E-state index in [1.807, 2.05) is 32.6 Å². The fourth-order valence-electron chi connectivity index (χ4n) is 4.39. The molecular formula is C27H35ClF2N4O4S. The molecule has 39 heavy (non-hydrogen) atoms. The highest BCUT2D eigenvalue weighted by molar-refractivity contribution is 7.18. The Balaban J connectivity index is 1.87. The number of nitrogens with one attached hydrogen (secondary N) is 2. The third kappa shape index (κ3) is 8.69. The molecule has 1 saturated heterocycles. The number of carbonyl (C=O) groups is 3. The van der Waals surface area contributed by atoms with Gasteiger partial charge < -0.3 is 20.3 Å². The molecule has 3 amide bonds. The third-order valence-electron chi connectivity index (χ3n) is 6.02. The summed E-state index contributed by atoms with van der Waals surface area (Å²) in [7, 11) is 0. The molecule has 12 heteroatoms. The molecule has 0 aliphatic carbocycles. The first-order valence-corrected chi connectivity index (χ1v) is 14.0. The minimum absolute atomic E-state index is 0.0238. The Labute approximate surface area is 236 Å². The van der Waals surface area contributed by atoms with E-state index < -0.39 is 23.9 Å². The van der Waals surface area contributed by atoms with Crippen molar-refractivity contribution in [3.05, 3.63) is 45.1 Å². The van der Waals surface area contributed by atoms with Crippen LogP contribution in [-0.4, -0.2) is 68.1 Å². The van der Waals surface area contributed by atoms with E-state index >= 15 is 0 Å². The van der Waals surface area contributed by atoms with Crippen molar-refractivity contribution >= 4 is 52.0 Å². The Kier molecular flexibility index (Phi) is 11.2. The molecule has 3 rings (SSSR count). The van der Waals surface area contributed by atoms with Crippen LogP contribution in [0.3, 0.4) is 0 Å². The first-order chi connectivity index (χ1) is 18.5. The van der Waals surface area contributed by atoms with Crippen molar-refractivity contribution in [1.82, 2.24) is 10.2 Å². The quantitative estimate of drug-likeness (QED) is 0.364. The summed E-state index contributed by atoms with van der Waals surface area (Å²) in [5.41, 5.74) is -0.124. The Morgan fingerprint density at radius 2 is 1.82 bits per heavy atom. The van der Waals surface area contributed by atoms with Crippen LogP contribution in [-0.2, 0) is 14.3 Å². The van der Waals surface area contributed by atoms with Gasteiger partial charge in [-0.2, -0.15) is 0 Å². The molecule has 0 unspecified atom stereocenters. The molecular weight excluding hydrogens is 550 g/mol. The second kappa shape index (κ2) is 14.2. The first-order valence-electron chi connectivity index (χ1n) is 12.8. The highest BCUT2D eigenvalue weighted by Gasteiger charge is 2.30. The second-order valence-corrected chi connectivity index (χ2v) is 11.9. The number of hydrogen-bond acceptors (Lipinski definition) is 6. The first kappa shape index (κ1) is 30.9. The average molecular weight is 585 g/mol. The summed E-state index contributed by atoms with van der Waals surface area (Å²) < 4.78 is 33.8. The van der Waals surface area contributed by atoms with Gasteiger partial charge in [0, 0.05) is 43.1 Å². The molecule has 1 aliphatic heterocycles. The van der Waals surface area contributed by atoms with E-state index in [9.17, 15) is 23.2 Å². The number of benzene rings is 1. The summed E-state index contributed by atoms with van der Waals surface area (Å²) >= 11 is 7.09. The molecule has 1 atom stereocenters. The number of hydrogen-bond donors (Lipinski definition) is 2. The topological polar surface area (TPSA) is 91.0 Å². The van der Waals surface area contributed by atoms with Crippen molar-refractivity contribution in [3.8, 4) is 0 Å². The molecule has 0 bridgehead atoms. The van der Waals surface area contributed by atoms with Gasteiger partial charge in [0.25, 0.3) is 18.2 Å². The molecule has 1 aliphatic rings. The molecule has 8 nitrogen and oxygen atoms in total. The zero-order valence-electron chi connectivity index (χ0n) is 22.5. The van der Waals surface area contributed by atoms with Gasteiger partial charge in [-0.05, 0) is 42.2 Å². The maximum absolute atomic E-state index is 14.1. The number of anilines is 2. The van der Waals surface area contributed by atoms with Crippen LogP contribution in [0.15, 0.2) is 30.3 Å². The molecule has 2 N–H and O–H groups in total. The van der Waals surface area contributed by atoms with Crippen LogP contribution in [0.1, 0.15) is 49.4 Å². The zero-order valence-corrected chi connectivity index (χ0v) is 24.1. The second-order valence-electron chi connectivity index (χ2n) is 10.2. The van der Waals surface area contributed by atoms with E-state index in [2.05, 4.69) is 10.6 Å². The third-order valence-corrected chi connectivity index (χ3v) is 7.25. The summed E-state index contributed by atoms with van der Waals surface area (Å²) in [5, 5.41) is 5.48. The maximum atomic E-state index is 14.1. The van der Waals surface area contributed by atoms with Crippen LogP contribution >= 0.6 is 22.9 Å². The molecule has 1 fully saturated rings. The van der Waals surface area contributed by atoms with Gasteiger partial charge in [-0.15, -0.1) is 11.3 Å². The van der Waals surface area contributed by atoms with Crippen LogP contribution < -0.4 is 15.5 Å². The van der Waals surface area contributed by atoms with E-state index in [0.717, 1.165) is 11.3 Å². The van der Waals surface area contributed by atoms with Crippen molar-refractivity contribution in [1.29, 1.82) is 0 Å². The van der Waals surface area contributed by atoms with Gasteiger partial charge in [0.1, 0.15) is 12.6 Å². The van der Waals surface area contributed by atoms with E-state index in [1.54, 1.807) is 12.1 Å². The van der Waals surface area contributed by atoms with Gasteiger partial charge >= 0.3 is 0 Å². The molecule has 2 heterocycles. The highest BCUT2D eigenvalue weighted by Crippen LogP contribution is 2.32. The summed E-state index contributed by atoms with van der Waals surface area (Å²) in [6, 6.07) is 6.54. The molecule has 0 radical (unpaired) electrons. The lowest BCUT2D eigenvalue weighted by Crippen LogP contribution is -2.52. The Hall–Kier alpha value is -2.60. The zero-order chi connectivity index (χ0) is 28.7. The van der Waals surface area contributed by atoms with Crippen molar-refractivity contribution < 1.29 is 27.9 Å². The molecule has 0 saturated carbocycles. The largest absolute Gasteiger partial charge is 0.370 e. The van der Waals surface area contributed by atoms with Crippen molar-refractivity contribution in [2.75, 3.05) is 49.6 Å². The van der Waals surface area contributed by atoms with E-state index in [0.29, 0.717) is 34.6 Å². The predicted molar refractivity (Wildman–Crippen MR) is 150 cm³/mol. The lowest BCUT2D eigenvalue weighted by atomic mass is 10.1. The standard InChI is InChI=1S/C27H35ClF2N4O4S/c1-16(2)13-33(14-17(3)4)21(12-31-27(37)22-7-8-23(28)39-22)26(36)32-20-6-5-18(11-19(20)25(29)30)34-9-10-38-15-24(34)35/h5-8,11,16-17,21,25H,9-10,12-15H2,1-4H3,(H,31,37)(H,32,36)/t21-/m0/s1. The minimum atomic E-state index is -2.89. The number of rotatable bonds is 12. The number of morpholine rings is 1. The molecule has 214 valence electrons. The fraction of sp³-hybridized carbons (Fsp3) is 0.519. The van der Waals surface area contributed by atoms with Crippen LogP contribution in [0.5, 0.6) is 0 Å². The van der Waals surface area contributed by atoms with E-state index in [4.69, 9.17) is 16.3 Å². The summed E-state index contributed by atoms with van der Waals surface area (Å²) in [4.78, 5) is 42.3. The summed E-state index contributed by atoms with van der Waals surface area (Å²) in [6.45, 7) is 9.64. The van der Waals surface area contributed by atoms with Gasteiger partial charge in [-0.3, -0.25) is 19.3 Å². The van der Waals surface area contributed by atoms with Gasteiger partial charge in [0.05, 0.1) is 15.8 Å². The smallest absolute Gasteiger partial charge is 0.265 e. The lowest BCUT2D eigenvalue weighted by Gasteiger charge is -2.33. The van der Waals surface area contributed by atoms with Crippen LogP contribution in [0.25, 0.3) is 0 Å². The summed E-state index contributed by atoms with van der Waals surface area (Å²) in [6.07, 6.45) is -2.89. The average Bonchev–Trinajstić information content (AvgIpc) is 3.30. The lowest BCUT2D eigenvalue weighted by molar-refractivity contribution is -0.125. The maximum Gasteiger partial charge on any atom is 0.265 e. The number of ether oxygens (including phenoxy) is 1. The number of nitrogens with zero attached hydrogens (tertiary/aromatic N) is 2. The monoisotopic (exact) mass is 584 g/mol. The van der Waals surface area contributed by atoms with Crippen LogP contribution in [0.4, 0.5) is 20.2 Å². The van der Waals surface area contributed by atoms with Crippen molar-refractivity contribution in [2.24, 2.45) is 11.8 Å². The Morgan fingerprint density at radius 1 is 1.13 bits per heavy atom. The number of alkyl halides is 2. The van der Waals surface area contributed by atoms with Gasteiger partial charge in [0.15, 0.2) is 0 Å². The molecule has 2 aromatic rings. The van der Waals surface area contributed by atoms with Gasteiger partial charge in [0.2, 0.25) is 5.91 Å². The number of amides is 3. The van der Waals surface area contributed by atoms with E-state index in [-0.39, 0.29) is 49.0 Å². The van der Waals surface area contributed by atoms with Gasteiger partial charge in [-0.1, -0.05) is 39.3 Å². The molecule has 0 spiro atoms. The predicted octanol–water partition coefficient (Wildman–Crippen LogP) is 5.05. The SMILES string of the molecule is CC(C)CN(CC(C)C)[C@@H](CNC(=O)c1ccc(Cl)s1)C(=O)Nc1ccc(N2CCOCC2=O)cc1C(F)F. The van der Waals surface area contributed by atoms with Crippen molar-refractivity contribution in [3.63, 3.8) is 0 Å². The van der Waals surface area contributed by atoms with Gasteiger partial charge in [-0.25, -0.2) is 8.78 Å². The number of halogens is 3. The summed E-state index contributed by atoms with van der Waals surface area (Å²) in [5.74, 6) is -0.774. The Morgan fingerprint density at radius 3 is 2.38 bits per heavy atom. The molecule has 1 aromatic heterocycles. The number of thiophene rings is 1. The minimum Gasteiger partial charge on any atom is -0.370 e. The van der Waals surface area contributed by atoms with E-state index in [1.165, 1.54) is 23.1 Å². The normalized spacial score (nSPS) is 14.9. The van der Waals surface area contributed by atoms with Crippen LogP contribution in [0, 0.1) is 11.8 Å². The number of carbonyl (C=O) groups excluding carboxylic acids is 3. The Bertz CT molecular complexity index is 1150. The fourth-order valence-corrected chi connectivity index (χ4v) is 5.35. The highest BCUT2D eigenvalue weighted by atomic mass is 35.5. The molecule has 1 aromatic carbocycles.